The van der Waals surface area contributed by atoms with Crippen molar-refractivity contribution in [3.63, 3.8) is 0 Å². The molecule has 0 aromatic heterocycles. The van der Waals surface area contributed by atoms with E-state index in [2.05, 4.69) is 26.9 Å². The monoisotopic (exact) mass is 314 g/mol. The highest BCUT2D eigenvalue weighted by Crippen LogP contribution is 2.21. The zero-order valence-electron chi connectivity index (χ0n) is 10.3. The molecule has 1 aromatic rings. The van der Waals surface area contributed by atoms with E-state index in [1.54, 1.807) is 13.2 Å². The van der Waals surface area contributed by atoms with Crippen molar-refractivity contribution in [2.45, 2.75) is 13.0 Å². The Balaban J connectivity index is 2.69. The Hall–Kier alpha value is -0.960. The zero-order chi connectivity index (χ0) is 13.4. The van der Waals surface area contributed by atoms with Gasteiger partial charge in [0, 0.05) is 33.2 Å². The SMILES string of the molecule is COCCN(CCC#N)Cc1cccc(F)c1Br. The molecular formula is C13H16BrFN2O. The summed E-state index contributed by atoms with van der Waals surface area (Å²) < 4.78 is 18.9. The number of benzene rings is 1. The van der Waals surface area contributed by atoms with Gasteiger partial charge in [-0.25, -0.2) is 4.39 Å². The van der Waals surface area contributed by atoms with Gasteiger partial charge in [0.05, 0.1) is 17.1 Å². The van der Waals surface area contributed by atoms with Crippen LogP contribution in [-0.2, 0) is 11.3 Å². The molecule has 0 aliphatic rings. The van der Waals surface area contributed by atoms with Gasteiger partial charge in [0.2, 0.25) is 0 Å². The molecule has 0 aliphatic heterocycles. The van der Waals surface area contributed by atoms with Gasteiger partial charge in [0.15, 0.2) is 0 Å². The number of ether oxygens (including phenoxy) is 1. The fourth-order valence-electron chi connectivity index (χ4n) is 1.61. The van der Waals surface area contributed by atoms with Gasteiger partial charge < -0.3 is 4.74 Å². The average Bonchev–Trinajstić information content (AvgIpc) is 2.38. The van der Waals surface area contributed by atoms with Crippen LogP contribution in [0.5, 0.6) is 0 Å². The summed E-state index contributed by atoms with van der Waals surface area (Å²) in [6, 6.07) is 7.10. The van der Waals surface area contributed by atoms with E-state index in [1.807, 2.05) is 6.07 Å². The summed E-state index contributed by atoms with van der Waals surface area (Å²) >= 11 is 3.25. The molecule has 1 aromatic carbocycles. The van der Waals surface area contributed by atoms with Gasteiger partial charge in [0.1, 0.15) is 5.82 Å². The fourth-order valence-corrected chi connectivity index (χ4v) is 2.00. The van der Waals surface area contributed by atoms with Crippen molar-refractivity contribution in [2.75, 3.05) is 26.8 Å². The molecule has 3 nitrogen and oxygen atoms in total. The summed E-state index contributed by atoms with van der Waals surface area (Å²) in [5.41, 5.74) is 0.879. The molecule has 0 heterocycles. The Labute approximate surface area is 115 Å². The summed E-state index contributed by atoms with van der Waals surface area (Å²) in [7, 11) is 1.64. The topological polar surface area (TPSA) is 36.3 Å². The van der Waals surface area contributed by atoms with Crippen molar-refractivity contribution in [1.82, 2.24) is 4.90 Å². The molecule has 18 heavy (non-hydrogen) atoms. The third-order valence-electron chi connectivity index (χ3n) is 2.58. The molecule has 0 bridgehead atoms. The number of rotatable bonds is 7. The molecule has 0 spiro atoms. The lowest BCUT2D eigenvalue weighted by atomic mass is 10.2. The van der Waals surface area contributed by atoms with Gasteiger partial charge >= 0.3 is 0 Å². The average molecular weight is 315 g/mol. The molecule has 0 atom stereocenters. The van der Waals surface area contributed by atoms with Crippen molar-refractivity contribution in [1.29, 1.82) is 5.26 Å². The van der Waals surface area contributed by atoms with E-state index in [0.717, 1.165) is 12.1 Å². The summed E-state index contributed by atoms with van der Waals surface area (Å²) in [4.78, 5) is 2.08. The minimum Gasteiger partial charge on any atom is -0.383 e. The predicted octanol–water partition coefficient (Wildman–Crippen LogP) is 2.95. The first kappa shape index (κ1) is 15.1. The second kappa shape index (κ2) is 8.20. The molecule has 0 amide bonds. The lowest BCUT2D eigenvalue weighted by Crippen LogP contribution is -2.28. The van der Waals surface area contributed by atoms with E-state index in [0.29, 0.717) is 30.6 Å². The fraction of sp³-hybridized carbons (Fsp3) is 0.462. The van der Waals surface area contributed by atoms with Crippen LogP contribution in [0.1, 0.15) is 12.0 Å². The number of methoxy groups -OCH3 is 1. The molecule has 0 N–H and O–H groups in total. The zero-order valence-corrected chi connectivity index (χ0v) is 11.9. The maximum absolute atomic E-state index is 13.4. The molecule has 5 heteroatoms. The highest BCUT2D eigenvalue weighted by atomic mass is 79.9. The quantitative estimate of drug-likeness (QED) is 0.776. The van der Waals surface area contributed by atoms with Crippen LogP contribution in [0.3, 0.4) is 0 Å². The van der Waals surface area contributed by atoms with E-state index in [9.17, 15) is 4.39 Å². The van der Waals surface area contributed by atoms with Gasteiger partial charge in [0.25, 0.3) is 0 Å². The first-order valence-electron chi connectivity index (χ1n) is 5.70. The Morgan fingerprint density at radius 3 is 2.89 bits per heavy atom. The van der Waals surface area contributed by atoms with Crippen LogP contribution < -0.4 is 0 Å². The van der Waals surface area contributed by atoms with Crippen molar-refractivity contribution in [3.8, 4) is 6.07 Å². The van der Waals surface area contributed by atoms with Crippen LogP contribution in [0, 0.1) is 17.1 Å². The van der Waals surface area contributed by atoms with Crippen LogP contribution in [0.15, 0.2) is 22.7 Å². The Morgan fingerprint density at radius 1 is 1.44 bits per heavy atom. The number of halogens is 2. The molecule has 0 saturated carbocycles. The minimum absolute atomic E-state index is 0.264. The molecule has 0 saturated heterocycles. The lowest BCUT2D eigenvalue weighted by molar-refractivity contribution is 0.145. The van der Waals surface area contributed by atoms with Gasteiger partial charge in [-0.15, -0.1) is 0 Å². The number of nitriles is 1. The Morgan fingerprint density at radius 2 is 2.22 bits per heavy atom. The van der Waals surface area contributed by atoms with Gasteiger partial charge in [-0.3, -0.25) is 4.90 Å². The normalized spacial score (nSPS) is 10.6. The van der Waals surface area contributed by atoms with Crippen LogP contribution >= 0.6 is 15.9 Å². The van der Waals surface area contributed by atoms with E-state index < -0.39 is 0 Å². The number of hydrogen-bond donors (Lipinski definition) is 0. The lowest BCUT2D eigenvalue weighted by Gasteiger charge is -2.21. The Kier molecular flexibility index (Phi) is 6.88. The second-order valence-corrected chi connectivity index (χ2v) is 4.68. The van der Waals surface area contributed by atoms with Crippen LogP contribution in [0.2, 0.25) is 0 Å². The van der Waals surface area contributed by atoms with Gasteiger partial charge in [-0.1, -0.05) is 12.1 Å². The Bertz CT molecular complexity index is 420. The predicted molar refractivity (Wildman–Crippen MR) is 71.5 cm³/mol. The van der Waals surface area contributed by atoms with E-state index in [-0.39, 0.29) is 5.82 Å². The first-order chi connectivity index (χ1) is 8.69. The van der Waals surface area contributed by atoms with Crippen molar-refractivity contribution >= 4 is 15.9 Å². The van der Waals surface area contributed by atoms with Crippen molar-refractivity contribution in [3.05, 3.63) is 34.1 Å². The molecule has 0 radical (unpaired) electrons. The van der Waals surface area contributed by atoms with Crippen molar-refractivity contribution in [2.24, 2.45) is 0 Å². The summed E-state index contributed by atoms with van der Waals surface area (Å²) in [6.07, 6.45) is 0.455. The van der Waals surface area contributed by atoms with Crippen molar-refractivity contribution < 1.29 is 9.13 Å². The highest BCUT2D eigenvalue weighted by molar-refractivity contribution is 9.10. The molecule has 1 rings (SSSR count). The van der Waals surface area contributed by atoms with Crippen LogP contribution in [0.4, 0.5) is 4.39 Å². The molecule has 0 fully saturated rings. The van der Waals surface area contributed by atoms with E-state index in [1.165, 1.54) is 6.07 Å². The van der Waals surface area contributed by atoms with Gasteiger partial charge in [-0.2, -0.15) is 5.26 Å². The van der Waals surface area contributed by atoms with Crippen LogP contribution in [-0.4, -0.2) is 31.7 Å². The molecule has 0 aliphatic carbocycles. The molecular weight excluding hydrogens is 299 g/mol. The standard InChI is InChI=1S/C13H16BrFN2O/c1-18-9-8-17(7-3-6-16)10-11-4-2-5-12(15)13(11)14/h2,4-5H,3,7-10H2,1H3. The third-order valence-corrected chi connectivity index (χ3v) is 3.47. The van der Waals surface area contributed by atoms with Crippen LogP contribution in [0.25, 0.3) is 0 Å². The minimum atomic E-state index is -0.264. The maximum Gasteiger partial charge on any atom is 0.137 e. The summed E-state index contributed by atoms with van der Waals surface area (Å²) in [6.45, 7) is 2.58. The molecule has 0 unspecified atom stereocenters. The van der Waals surface area contributed by atoms with E-state index in [4.69, 9.17) is 10.00 Å². The molecule has 98 valence electrons. The third kappa shape index (κ3) is 4.73. The smallest absolute Gasteiger partial charge is 0.137 e. The highest BCUT2D eigenvalue weighted by Gasteiger charge is 2.10. The van der Waals surface area contributed by atoms with Gasteiger partial charge in [-0.05, 0) is 27.6 Å². The summed E-state index contributed by atoms with van der Waals surface area (Å²) in [5.74, 6) is -0.264. The number of hydrogen-bond acceptors (Lipinski definition) is 3. The largest absolute Gasteiger partial charge is 0.383 e. The maximum atomic E-state index is 13.4. The number of nitrogens with zero attached hydrogens (tertiary/aromatic N) is 2. The van der Waals surface area contributed by atoms with E-state index >= 15 is 0 Å². The first-order valence-corrected chi connectivity index (χ1v) is 6.49. The summed E-state index contributed by atoms with van der Waals surface area (Å²) in [5, 5.41) is 8.63. The second-order valence-electron chi connectivity index (χ2n) is 3.89.